The molecular weight excluding hydrogens is 300 g/mol. The van der Waals surface area contributed by atoms with E-state index in [4.69, 9.17) is 0 Å². The van der Waals surface area contributed by atoms with Gasteiger partial charge in [0.05, 0.1) is 16.7 Å². The Labute approximate surface area is 129 Å². The fourth-order valence-corrected chi connectivity index (χ4v) is 4.47. The van der Waals surface area contributed by atoms with Gasteiger partial charge < -0.3 is 9.47 Å². The molecule has 1 saturated heterocycles. The van der Waals surface area contributed by atoms with Crippen molar-refractivity contribution in [3.8, 4) is 0 Å². The van der Waals surface area contributed by atoms with E-state index in [1.807, 2.05) is 19.4 Å². The van der Waals surface area contributed by atoms with E-state index in [2.05, 4.69) is 36.8 Å². The first-order chi connectivity index (χ1) is 10.5. The standard InChI is InChI=1S/C15H19N4O2S/c1-17-7-4-12-11-19(8-5-13(12)17)14-3-2-6-18-9-10-22(20,21)16-15(14)18/h4-5,7-8,11,14H,2-3,6,9-10H2,1H3/q+1. The van der Waals surface area contributed by atoms with Gasteiger partial charge in [0, 0.05) is 38.8 Å². The fraction of sp³-hybridized carbons (Fsp3) is 0.467. The van der Waals surface area contributed by atoms with Gasteiger partial charge in [-0.3, -0.25) is 0 Å². The van der Waals surface area contributed by atoms with E-state index >= 15 is 0 Å². The molecule has 2 aliphatic heterocycles. The Bertz CT molecular complexity index is 869. The molecule has 0 aromatic carbocycles. The van der Waals surface area contributed by atoms with Gasteiger partial charge in [0.2, 0.25) is 6.04 Å². The number of hydrogen-bond donors (Lipinski definition) is 0. The van der Waals surface area contributed by atoms with E-state index in [0.717, 1.165) is 24.8 Å². The van der Waals surface area contributed by atoms with Gasteiger partial charge in [-0.1, -0.05) is 0 Å². The van der Waals surface area contributed by atoms with Crippen molar-refractivity contribution in [2.24, 2.45) is 11.4 Å². The normalized spacial score (nSPS) is 24.1. The highest BCUT2D eigenvalue weighted by Gasteiger charge is 2.38. The molecule has 2 aliphatic rings. The Hall–Kier alpha value is -1.89. The quantitative estimate of drug-likeness (QED) is 0.732. The van der Waals surface area contributed by atoms with Crippen molar-refractivity contribution in [3.63, 3.8) is 0 Å². The number of amidine groups is 1. The lowest BCUT2D eigenvalue weighted by atomic mass is 10.0. The van der Waals surface area contributed by atoms with Crippen molar-refractivity contribution in [2.45, 2.75) is 18.9 Å². The Kier molecular flexibility index (Phi) is 3.00. The highest BCUT2D eigenvalue weighted by molar-refractivity contribution is 7.90. The Morgan fingerprint density at radius 2 is 2.18 bits per heavy atom. The second-order valence-corrected chi connectivity index (χ2v) is 7.79. The first-order valence-corrected chi connectivity index (χ1v) is 9.18. The van der Waals surface area contributed by atoms with Crippen molar-refractivity contribution in [1.82, 2.24) is 9.47 Å². The predicted octanol–water partition coefficient (Wildman–Crippen LogP) is 0.845. The molecule has 0 saturated carbocycles. The lowest BCUT2D eigenvalue weighted by Gasteiger charge is -2.34. The number of hydrogen-bond acceptors (Lipinski definition) is 3. The van der Waals surface area contributed by atoms with Crippen LogP contribution in [0.5, 0.6) is 0 Å². The lowest BCUT2D eigenvalue weighted by molar-refractivity contribution is -0.707. The van der Waals surface area contributed by atoms with Crippen molar-refractivity contribution >= 4 is 26.8 Å². The molecule has 6 nitrogen and oxygen atoms in total. The van der Waals surface area contributed by atoms with E-state index in [1.54, 1.807) is 0 Å². The number of nitrogens with zero attached hydrogens (tertiary/aromatic N) is 4. The van der Waals surface area contributed by atoms with Crippen molar-refractivity contribution in [2.75, 3.05) is 18.8 Å². The van der Waals surface area contributed by atoms with Crippen LogP contribution in [-0.4, -0.2) is 42.6 Å². The Morgan fingerprint density at radius 3 is 3.05 bits per heavy atom. The van der Waals surface area contributed by atoms with E-state index in [0.29, 0.717) is 12.4 Å². The molecule has 1 fully saturated rings. The SMILES string of the molecule is Cn1ccc2c[n+](C3CCCN4CCS(=O)(=O)N=C34)ccc21. The first-order valence-electron chi connectivity index (χ1n) is 7.57. The summed E-state index contributed by atoms with van der Waals surface area (Å²) >= 11 is 0. The Balaban J connectivity index is 1.80. The molecule has 1 atom stereocenters. The zero-order valence-electron chi connectivity index (χ0n) is 12.5. The molecule has 0 bridgehead atoms. The summed E-state index contributed by atoms with van der Waals surface area (Å²) in [6.45, 7) is 1.46. The van der Waals surface area contributed by atoms with Gasteiger partial charge in [0.25, 0.3) is 10.0 Å². The number of fused-ring (bicyclic) bond motifs is 2. The van der Waals surface area contributed by atoms with Crippen LogP contribution in [0, 0.1) is 0 Å². The second-order valence-electron chi connectivity index (χ2n) is 6.04. The van der Waals surface area contributed by atoms with E-state index < -0.39 is 10.0 Å². The van der Waals surface area contributed by atoms with Crippen LogP contribution in [0.25, 0.3) is 10.9 Å². The summed E-state index contributed by atoms with van der Waals surface area (Å²) in [7, 11) is -1.28. The second kappa shape index (κ2) is 4.81. The molecule has 2 aromatic rings. The molecular formula is C15H19N4O2S+. The molecule has 4 rings (SSSR count). The minimum Gasteiger partial charge on any atom is -0.353 e. The van der Waals surface area contributed by atoms with Gasteiger partial charge >= 0.3 is 0 Å². The molecule has 2 aromatic heterocycles. The summed E-state index contributed by atoms with van der Waals surface area (Å²) < 4.78 is 32.0. The Morgan fingerprint density at radius 1 is 1.32 bits per heavy atom. The maximum absolute atomic E-state index is 11.9. The van der Waals surface area contributed by atoms with Gasteiger partial charge in [0.15, 0.2) is 18.2 Å². The first kappa shape index (κ1) is 13.8. The molecule has 1 unspecified atom stereocenters. The van der Waals surface area contributed by atoms with Crippen LogP contribution in [0.15, 0.2) is 35.1 Å². The maximum atomic E-state index is 11.9. The average molecular weight is 319 g/mol. The molecule has 0 N–H and O–H groups in total. The summed E-state index contributed by atoms with van der Waals surface area (Å²) in [5, 5.41) is 1.15. The molecule has 0 aliphatic carbocycles. The molecule has 116 valence electrons. The molecule has 4 heterocycles. The van der Waals surface area contributed by atoms with Crippen molar-refractivity contribution < 1.29 is 13.0 Å². The minimum absolute atomic E-state index is 0.00781. The number of piperidine rings is 1. The van der Waals surface area contributed by atoms with E-state index in [9.17, 15) is 8.42 Å². The van der Waals surface area contributed by atoms with Gasteiger partial charge in [-0.05, 0) is 12.5 Å². The van der Waals surface area contributed by atoms with Crippen LogP contribution in [0.2, 0.25) is 0 Å². The predicted molar refractivity (Wildman–Crippen MR) is 84.2 cm³/mol. The summed E-state index contributed by atoms with van der Waals surface area (Å²) in [5.41, 5.74) is 1.17. The summed E-state index contributed by atoms with van der Waals surface area (Å²) in [4.78, 5) is 2.12. The third-order valence-corrected chi connectivity index (χ3v) is 5.75. The highest BCUT2D eigenvalue weighted by atomic mass is 32.2. The zero-order valence-corrected chi connectivity index (χ0v) is 13.3. The van der Waals surface area contributed by atoms with Crippen LogP contribution in [0.3, 0.4) is 0 Å². The number of aryl methyl sites for hydroxylation is 1. The van der Waals surface area contributed by atoms with Crippen LogP contribution < -0.4 is 4.57 Å². The summed E-state index contributed by atoms with van der Waals surface area (Å²) in [6.07, 6.45) is 8.13. The lowest BCUT2D eigenvalue weighted by Crippen LogP contribution is -2.55. The van der Waals surface area contributed by atoms with Crippen LogP contribution in [0.1, 0.15) is 18.9 Å². The minimum atomic E-state index is -3.30. The van der Waals surface area contributed by atoms with Crippen LogP contribution in [0.4, 0.5) is 0 Å². The molecule has 0 spiro atoms. The topological polar surface area (TPSA) is 58.5 Å². The molecule has 7 heteroatoms. The average Bonchev–Trinajstić information content (AvgIpc) is 2.87. The maximum Gasteiger partial charge on any atom is 0.256 e. The van der Waals surface area contributed by atoms with Crippen LogP contribution in [-0.2, 0) is 17.1 Å². The summed E-state index contributed by atoms with van der Waals surface area (Å²) in [5.74, 6) is 0.837. The van der Waals surface area contributed by atoms with Gasteiger partial charge in [-0.15, -0.1) is 4.40 Å². The van der Waals surface area contributed by atoms with E-state index in [-0.39, 0.29) is 11.8 Å². The summed E-state index contributed by atoms with van der Waals surface area (Å²) in [6, 6.07) is 4.16. The van der Waals surface area contributed by atoms with Gasteiger partial charge in [-0.2, -0.15) is 4.57 Å². The molecule has 0 amide bonds. The van der Waals surface area contributed by atoms with Crippen molar-refractivity contribution in [1.29, 1.82) is 0 Å². The third-order valence-electron chi connectivity index (χ3n) is 4.59. The van der Waals surface area contributed by atoms with Crippen molar-refractivity contribution in [3.05, 3.63) is 30.7 Å². The van der Waals surface area contributed by atoms with Crippen LogP contribution >= 0.6 is 0 Å². The highest BCUT2D eigenvalue weighted by Crippen LogP contribution is 2.24. The molecule has 0 radical (unpaired) electrons. The van der Waals surface area contributed by atoms with Gasteiger partial charge in [0.1, 0.15) is 0 Å². The molecule has 22 heavy (non-hydrogen) atoms. The smallest absolute Gasteiger partial charge is 0.256 e. The number of rotatable bonds is 1. The largest absolute Gasteiger partial charge is 0.353 e. The third kappa shape index (κ3) is 2.20. The monoisotopic (exact) mass is 319 g/mol. The number of aromatic nitrogens is 2. The number of pyridine rings is 1. The fourth-order valence-electron chi connectivity index (χ4n) is 3.41. The van der Waals surface area contributed by atoms with E-state index in [1.165, 1.54) is 5.52 Å². The zero-order chi connectivity index (χ0) is 15.3. The number of sulfonamides is 1. The van der Waals surface area contributed by atoms with Gasteiger partial charge in [-0.25, -0.2) is 8.42 Å².